The second-order valence-electron chi connectivity index (χ2n) is 5.40. The maximum atomic E-state index is 12.9. The van der Waals surface area contributed by atoms with Crippen LogP contribution in [-0.4, -0.2) is 32.1 Å². The number of benzene rings is 1. The van der Waals surface area contributed by atoms with Gasteiger partial charge < -0.3 is 10.6 Å². The fraction of sp³-hybridized carbons (Fsp3) is 0.118. The van der Waals surface area contributed by atoms with E-state index in [-0.39, 0.29) is 11.9 Å². The van der Waals surface area contributed by atoms with Gasteiger partial charge in [0.05, 0.1) is 17.9 Å². The van der Waals surface area contributed by atoms with E-state index in [1.54, 1.807) is 19.1 Å². The standard InChI is InChI=1S/C17H15FN6O2/c1-11(21-10-25)16-20-9-22-24(16)15-7-6-14(8-19-15)23-17(26)12-2-4-13(18)5-3-12/h2-11H,1H3,(H,21,25)(H,23,26). The van der Waals surface area contributed by atoms with Gasteiger partial charge in [0.15, 0.2) is 11.6 Å². The average Bonchev–Trinajstić information content (AvgIpc) is 3.13. The van der Waals surface area contributed by atoms with Gasteiger partial charge in [-0.2, -0.15) is 9.78 Å². The Hall–Kier alpha value is -3.62. The van der Waals surface area contributed by atoms with Crippen molar-refractivity contribution in [2.75, 3.05) is 5.32 Å². The van der Waals surface area contributed by atoms with Gasteiger partial charge in [0.1, 0.15) is 12.1 Å². The predicted molar refractivity (Wildman–Crippen MR) is 91.1 cm³/mol. The largest absolute Gasteiger partial charge is 0.349 e. The summed E-state index contributed by atoms with van der Waals surface area (Å²) >= 11 is 0. The summed E-state index contributed by atoms with van der Waals surface area (Å²) in [6.45, 7) is 1.77. The Morgan fingerprint density at radius 2 is 1.96 bits per heavy atom. The van der Waals surface area contributed by atoms with Gasteiger partial charge in [-0.1, -0.05) is 0 Å². The smallest absolute Gasteiger partial charge is 0.255 e. The molecule has 3 rings (SSSR count). The van der Waals surface area contributed by atoms with Crippen LogP contribution >= 0.6 is 0 Å². The highest BCUT2D eigenvalue weighted by Gasteiger charge is 2.14. The second kappa shape index (κ2) is 7.51. The predicted octanol–water partition coefficient (Wildman–Crippen LogP) is 1.86. The molecule has 2 amide bonds. The molecule has 0 radical (unpaired) electrons. The SMILES string of the molecule is CC(NC=O)c1ncnn1-c1ccc(NC(=O)c2ccc(F)cc2)cn1. The van der Waals surface area contributed by atoms with Gasteiger partial charge >= 0.3 is 0 Å². The summed E-state index contributed by atoms with van der Waals surface area (Å²) in [5.74, 6) is 0.226. The van der Waals surface area contributed by atoms with Gasteiger partial charge in [-0.3, -0.25) is 9.59 Å². The fourth-order valence-electron chi connectivity index (χ4n) is 2.29. The molecule has 9 heteroatoms. The number of halogens is 1. The van der Waals surface area contributed by atoms with E-state index in [0.29, 0.717) is 29.3 Å². The first-order valence-corrected chi connectivity index (χ1v) is 7.71. The van der Waals surface area contributed by atoms with Crippen molar-refractivity contribution in [2.45, 2.75) is 13.0 Å². The highest BCUT2D eigenvalue weighted by Crippen LogP contribution is 2.15. The van der Waals surface area contributed by atoms with Gasteiger partial charge in [-0.15, -0.1) is 0 Å². The second-order valence-corrected chi connectivity index (χ2v) is 5.40. The van der Waals surface area contributed by atoms with E-state index >= 15 is 0 Å². The molecule has 1 unspecified atom stereocenters. The normalized spacial score (nSPS) is 11.6. The Morgan fingerprint density at radius 3 is 2.62 bits per heavy atom. The number of anilines is 1. The van der Waals surface area contributed by atoms with E-state index in [0.717, 1.165) is 0 Å². The van der Waals surface area contributed by atoms with Crippen LogP contribution in [0.25, 0.3) is 5.82 Å². The number of amides is 2. The number of aromatic nitrogens is 4. The van der Waals surface area contributed by atoms with E-state index < -0.39 is 5.82 Å². The zero-order valence-corrected chi connectivity index (χ0v) is 13.8. The van der Waals surface area contributed by atoms with Crippen LogP contribution in [0, 0.1) is 5.82 Å². The molecule has 2 heterocycles. The van der Waals surface area contributed by atoms with Gasteiger partial charge in [-0.05, 0) is 43.3 Å². The quantitative estimate of drug-likeness (QED) is 0.658. The third kappa shape index (κ3) is 3.72. The highest BCUT2D eigenvalue weighted by molar-refractivity contribution is 6.04. The first-order valence-electron chi connectivity index (χ1n) is 7.71. The summed E-state index contributed by atoms with van der Waals surface area (Å²) in [6.07, 6.45) is 3.43. The Bertz CT molecular complexity index is 908. The third-order valence-corrected chi connectivity index (χ3v) is 3.61. The zero-order valence-electron chi connectivity index (χ0n) is 13.8. The van der Waals surface area contributed by atoms with Crippen molar-refractivity contribution in [2.24, 2.45) is 0 Å². The van der Waals surface area contributed by atoms with Crippen molar-refractivity contribution in [3.63, 3.8) is 0 Å². The van der Waals surface area contributed by atoms with Gasteiger partial charge in [-0.25, -0.2) is 14.4 Å². The molecule has 3 aromatic rings. The molecule has 0 bridgehead atoms. The molecule has 1 aromatic carbocycles. The average molecular weight is 354 g/mol. The van der Waals surface area contributed by atoms with Crippen molar-refractivity contribution in [1.82, 2.24) is 25.1 Å². The van der Waals surface area contributed by atoms with Gasteiger partial charge in [0.25, 0.3) is 5.91 Å². The minimum atomic E-state index is -0.408. The monoisotopic (exact) mass is 354 g/mol. The lowest BCUT2D eigenvalue weighted by atomic mass is 10.2. The summed E-state index contributed by atoms with van der Waals surface area (Å²) in [4.78, 5) is 31.1. The maximum Gasteiger partial charge on any atom is 0.255 e. The fourth-order valence-corrected chi connectivity index (χ4v) is 2.29. The number of nitrogens with zero attached hydrogens (tertiary/aromatic N) is 4. The first kappa shape index (κ1) is 17.2. The van der Waals surface area contributed by atoms with Crippen LogP contribution in [0.2, 0.25) is 0 Å². The van der Waals surface area contributed by atoms with Crippen molar-refractivity contribution < 1.29 is 14.0 Å². The number of carbonyl (C=O) groups is 2. The molecule has 0 spiro atoms. The molecule has 2 N–H and O–H groups in total. The summed E-state index contributed by atoms with van der Waals surface area (Å²) in [5, 5.41) is 9.38. The summed E-state index contributed by atoms with van der Waals surface area (Å²) in [6, 6.07) is 8.22. The maximum absolute atomic E-state index is 12.9. The highest BCUT2D eigenvalue weighted by atomic mass is 19.1. The molecule has 26 heavy (non-hydrogen) atoms. The minimum absolute atomic E-state index is 0.336. The van der Waals surface area contributed by atoms with Crippen LogP contribution in [0.3, 0.4) is 0 Å². The molecule has 0 aliphatic carbocycles. The van der Waals surface area contributed by atoms with Crippen LogP contribution in [0.4, 0.5) is 10.1 Å². The number of rotatable bonds is 6. The molecular weight excluding hydrogens is 339 g/mol. The van der Waals surface area contributed by atoms with Crippen molar-refractivity contribution in [3.05, 3.63) is 66.1 Å². The minimum Gasteiger partial charge on any atom is -0.349 e. The van der Waals surface area contributed by atoms with E-state index in [2.05, 4.69) is 25.7 Å². The number of carbonyl (C=O) groups excluding carboxylic acids is 2. The first-order chi connectivity index (χ1) is 12.6. The van der Waals surface area contributed by atoms with E-state index in [4.69, 9.17) is 0 Å². The molecule has 0 saturated carbocycles. The molecule has 0 fully saturated rings. The Balaban J connectivity index is 1.75. The van der Waals surface area contributed by atoms with Crippen molar-refractivity contribution in [3.8, 4) is 5.82 Å². The molecule has 0 aliphatic heterocycles. The molecule has 2 aromatic heterocycles. The lowest BCUT2D eigenvalue weighted by Gasteiger charge is -2.11. The van der Waals surface area contributed by atoms with Crippen molar-refractivity contribution >= 4 is 18.0 Å². The molecule has 0 saturated heterocycles. The molecule has 0 aliphatic rings. The topological polar surface area (TPSA) is 102 Å². The number of hydrogen-bond acceptors (Lipinski definition) is 5. The van der Waals surface area contributed by atoms with E-state index in [9.17, 15) is 14.0 Å². The summed E-state index contributed by atoms with van der Waals surface area (Å²) in [7, 11) is 0. The van der Waals surface area contributed by atoms with Crippen LogP contribution in [0.1, 0.15) is 29.1 Å². The summed E-state index contributed by atoms with van der Waals surface area (Å²) < 4.78 is 14.4. The van der Waals surface area contributed by atoms with E-state index in [1.807, 2.05) is 0 Å². The molecule has 8 nitrogen and oxygen atoms in total. The van der Waals surface area contributed by atoms with Gasteiger partial charge in [0, 0.05) is 5.56 Å². The van der Waals surface area contributed by atoms with Crippen LogP contribution in [-0.2, 0) is 4.79 Å². The van der Waals surface area contributed by atoms with Crippen LogP contribution in [0.5, 0.6) is 0 Å². The number of pyridine rings is 1. The summed E-state index contributed by atoms with van der Waals surface area (Å²) in [5.41, 5.74) is 0.812. The number of nitrogens with one attached hydrogen (secondary N) is 2. The van der Waals surface area contributed by atoms with Crippen LogP contribution in [0.15, 0.2) is 48.9 Å². The molecule has 1 atom stereocenters. The molecule has 132 valence electrons. The van der Waals surface area contributed by atoms with Crippen molar-refractivity contribution in [1.29, 1.82) is 0 Å². The third-order valence-electron chi connectivity index (χ3n) is 3.61. The zero-order chi connectivity index (χ0) is 18.5. The Kier molecular flexibility index (Phi) is 4.97. The lowest BCUT2D eigenvalue weighted by molar-refractivity contribution is -0.110. The lowest BCUT2D eigenvalue weighted by Crippen LogP contribution is -2.20. The van der Waals surface area contributed by atoms with Crippen LogP contribution < -0.4 is 10.6 Å². The Morgan fingerprint density at radius 1 is 1.19 bits per heavy atom. The Labute approximate surface area is 148 Å². The number of hydrogen-bond donors (Lipinski definition) is 2. The van der Waals surface area contributed by atoms with E-state index in [1.165, 1.54) is 41.5 Å². The van der Waals surface area contributed by atoms with Gasteiger partial charge in [0.2, 0.25) is 6.41 Å². The molecular formula is C17H15FN6O2.